The highest BCUT2D eigenvalue weighted by atomic mass is 16.5. The third kappa shape index (κ3) is 3.34. The highest BCUT2D eigenvalue weighted by molar-refractivity contribution is 5.98. The molecule has 0 bridgehead atoms. The number of amides is 2. The van der Waals surface area contributed by atoms with Crippen molar-refractivity contribution in [3.05, 3.63) is 24.3 Å². The summed E-state index contributed by atoms with van der Waals surface area (Å²) in [5.74, 6) is -1.01. The molecule has 1 aromatic carbocycles. The van der Waals surface area contributed by atoms with Crippen molar-refractivity contribution in [3.63, 3.8) is 0 Å². The van der Waals surface area contributed by atoms with Gasteiger partial charge in [0.2, 0.25) is 5.91 Å². The van der Waals surface area contributed by atoms with Gasteiger partial charge in [0.25, 0.3) is 5.91 Å². The van der Waals surface area contributed by atoms with E-state index >= 15 is 0 Å². The van der Waals surface area contributed by atoms with Crippen LogP contribution in [0.2, 0.25) is 0 Å². The average molecular weight is 332 g/mol. The van der Waals surface area contributed by atoms with Crippen LogP contribution in [-0.4, -0.2) is 54.0 Å². The Labute approximate surface area is 139 Å². The topological polar surface area (TPSA) is 87.2 Å². The molecule has 7 heteroatoms. The van der Waals surface area contributed by atoms with Crippen LogP contribution < -0.4 is 9.64 Å². The Morgan fingerprint density at radius 2 is 2.08 bits per heavy atom. The molecule has 1 atom stereocenters. The van der Waals surface area contributed by atoms with Gasteiger partial charge in [0.15, 0.2) is 6.61 Å². The van der Waals surface area contributed by atoms with Gasteiger partial charge in [-0.25, -0.2) is 0 Å². The van der Waals surface area contributed by atoms with Crippen LogP contribution in [0.15, 0.2) is 24.3 Å². The fraction of sp³-hybridized carbons (Fsp3) is 0.471. The predicted octanol–water partition coefficient (Wildman–Crippen LogP) is 1.13. The van der Waals surface area contributed by atoms with Gasteiger partial charge in [0.1, 0.15) is 5.75 Å². The lowest BCUT2D eigenvalue weighted by molar-refractivity contribution is -0.145. The number of para-hydroxylation sites is 2. The molecule has 0 aromatic heterocycles. The van der Waals surface area contributed by atoms with Crippen molar-refractivity contribution >= 4 is 23.5 Å². The lowest BCUT2D eigenvalue weighted by atomic mass is 9.98. The number of carboxylic acid groups (broad SMARTS) is 1. The van der Waals surface area contributed by atoms with E-state index in [0.29, 0.717) is 30.8 Å². The molecule has 3 rings (SSSR count). The van der Waals surface area contributed by atoms with Crippen LogP contribution in [0, 0.1) is 5.92 Å². The second kappa shape index (κ2) is 6.90. The Hall–Kier alpha value is -2.57. The van der Waals surface area contributed by atoms with Crippen LogP contribution in [0.5, 0.6) is 5.75 Å². The molecule has 7 nitrogen and oxygen atoms in total. The summed E-state index contributed by atoms with van der Waals surface area (Å²) in [7, 11) is 0. The summed E-state index contributed by atoms with van der Waals surface area (Å²) in [5.41, 5.74) is 0.670. The van der Waals surface area contributed by atoms with Gasteiger partial charge in [-0.1, -0.05) is 12.1 Å². The minimum atomic E-state index is -0.857. The van der Waals surface area contributed by atoms with Crippen molar-refractivity contribution in [2.24, 2.45) is 5.92 Å². The Morgan fingerprint density at radius 3 is 2.88 bits per heavy atom. The van der Waals surface area contributed by atoms with Gasteiger partial charge in [-0.3, -0.25) is 14.4 Å². The first-order valence-corrected chi connectivity index (χ1v) is 8.09. The molecule has 1 fully saturated rings. The maximum absolute atomic E-state index is 12.4. The van der Waals surface area contributed by atoms with Crippen LogP contribution in [0.3, 0.4) is 0 Å². The number of rotatable bonds is 4. The van der Waals surface area contributed by atoms with Crippen molar-refractivity contribution in [2.75, 3.05) is 31.1 Å². The lowest BCUT2D eigenvalue weighted by Gasteiger charge is -2.32. The monoisotopic (exact) mass is 332 g/mol. The fourth-order valence-electron chi connectivity index (χ4n) is 3.17. The number of piperidine rings is 1. The van der Waals surface area contributed by atoms with E-state index in [-0.39, 0.29) is 37.9 Å². The van der Waals surface area contributed by atoms with Gasteiger partial charge in [-0.15, -0.1) is 0 Å². The van der Waals surface area contributed by atoms with Crippen LogP contribution in [0.1, 0.15) is 19.3 Å². The summed E-state index contributed by atoms with van der Waals surface area (Å²) < 4.78 is 5.38. The van der Waals surface area contributed by atoms with E-state index < -0.39 is 11.9 Å². The van der Waals surface area contributed by atoms with Gasteiger partial charge >= 0.3 is 5.97 Å². The van der Waals surface area contributed by atoms with E-state index in [2.05, 4.69) is 0 Å². The average Bonchev–Trinajstić information content (AvgIpc) is 2.60. The Balaban J connectivity index is 1.62. The van der Waals surface area contributed by atoms with Gasteiger partial charge in [0.05, 0.1) is 11.6 Å². The predicted molar refractivity (Wildman–Crippen MR) is 85.8 cm³/mol. The van der Waals surface area contributed by atoms with E-state index in [9.17, 15) is 14.4 Å². The third-order valence-corrected chi connectivity index (χ3v) is 4.48. The molecule has 0 radical (unpaired) electrons. The number of fused-ring (bicyclic) bond motifs is 1. The number of ether oxygens (including phenoxy) is 1. The molecule has 2 aliphatic heterocycles. The summed E-state index contributed by atoms with van der Waals surface area (Å²) >= 11 is 0. The standard InChI is InChI=1S/C17H20N2O5/c20-15(18-8-3-4-12(10-18)17(22)23)7-9-19-13-5-1-2-6-14(13)24-11-16(19)21/h1-2,5-6,12H,3-4,7-11H2,(H,22,23)/t12-/m0/s1. The van der Waals surface area contributed by atoms with E-state index in [1.54, 1.807) is 21.9 Å². The number of hydrogen-bond acceptors (Lipinski definition) is 4. The molecule has 0 unspecified atom stereocenters. The molecule has 0 aliphatic carbocycles. The van der Waals surface area contributed by atoms with E-state index in [1.165, 1.54) is 0 Å². The Bertz CT molecular complexity index is 660. The van der Waals surface area contributed by atoms with Crippen LogP contribution >= 0.6 is 0 Å². The quantitative estimate of drug-likeness (QED) is 0.893. The van der Waals surface area contributed by atoms with E-state index in [0.717, 1.165) is 0 Å². The highest BCUT2D eigenvalue weighted by Crippen LogP contribution is 2.31. The van der Waals surface area contributed by atoms with E-state index in [1.807, 2.05) is 12.1 Å². The number of hydrogen-bond donors (Lipinski definition) is 1. The Morgan fingerprint density at radius 1 is 1.29 bits per heavy atom. The third-order valence-electron chi connectivity index (χ3n) is 4.48. The van der Waals surface area contributed by atoms with Crippen molar-refractivity contribution in [2.45, 2.75) is 19.3 Å². The van der Waals surface area contributed by atoms with Crippen molar-refractivity contribution in [1.82, 2.24) is 4.90 Å². The molecule has 1 aromatic rings. The van der Waals surface area contributed by atoms with Crippen LogP contribution in [0.25, 0.3) is 0 Å². The number of carbonyl (C=O) groups excluding carboxylic acids is 2. The van der Waals surface area contributed by atoms with Gasteiger partial charge in [0, 0.05) is 26.1 Å². The fourth-order valence-corrected chi connectivity index (χ4v) is 3.17. The summed E-state index contributed by atoms with van der Waals surface area (Å²) in [6.07, 6.45) is 1.48. The molecule has 2 aliphatic rings. The maximum Gasteiger partial charge on any atom is 0.308 e. The van der Waals surface area contributed by atoms with Crippen molar-refractivity contribution in [3.8, 4) is 5.75 Å². The first-order valence-electron chi connectivity index (χ1n) is 8.09. The first-order chi connectivity index (χ1) is 11.6. The SMILES string of the molecule is O=C(O)[C@H]1CCCN(C(=O)CCN2C(=O)COc3ccccc32)C1. The molecular formula is C17H20N2O5. The van der Waals surface area contributed by atoms with E-state index in [4.69, 9.17) is 9.84 Å². The lowest BCUT2D eigenvalue weighted by Crippen LogP contribution is -2.45. The normalized spacial score (nSPS) is 20.3. The summed E-state index contributed by atoms with van der Waals surface area (Å²) in [5, 5.41) is 9.11. The molecule has 24 heavy (non-hydrogen) atoms. The van der Waals surface area contributed by atoms with Gasteiger partial charge in [-0.05, 0) is 25.0 Å². The second-order valence-electron chi connectivity index (χ2n) is 6.07. The molecular weight excluding hydrogens is 312 g/mol. The summed E-state index contributed by atoms with van der Waals surface area (Å²) in [6.45, 7) is 1.07. The molecule has 2 heterocycles. The Kier molecular flexibility index (Phi) is 4.69. The van der Waals surface area contributed by atoms with Gasteiger partial charge < -0.3 is 19.6 Å². The smallest absolute Gasteiger partial charge is 0.308 e. The zero-order chi connectivity index (χ0) is 17.1. The summed E-state index contributed by atoms with van der Waals surface area (Å²) in [6, 6.07) is 7.23. The van der Waals surface area contributed by atoms with Crippen LogP contribution in [-0.2, 0) is 14.4 Å². The van der Waals surface area contributed by atoms with Crippen LogP contribution in [0.4, 0.5) is 5.69 Å². The number of nitrogens with zero attached hydrogens (tertiary/aromatic N) is 2. The number of carbonyl (C=O) groups is 3. The minimum absolute atomic E-state index is 0.0317. The largest absolute Gasteiger partial charge is 0.482 e. The number of likely N-dealkylation sites (tertiary alicyclic amines) is 1. The molecule has 128 valence electrons. The molecule has 0 spiro atoms. The van der Waals surface area contributed by atoms with Gasteiger partial charge in [-0.2, -0.15) is 0 Å². The minimum Gasteiger partial charge on any atom is -0.482 e. The molecule has 1 saturated heterocycles. The number of anilines is 1. The summed E-state index contributed by atoms with van der Waals surface area (Å²) in [4.78, 5) is 38.7. The zero-order valence-corrected chi connectivity index (χ0v) is 13.3. The van der Waals surface area contributed by atoms with Crippen molar-refractivity contribution < 1.29 is 24.2 Å². The number of benzene rings is 1. The zero-order valence-electron chi connectivity index (χ0n) is 13.3. The molecule has 2 amide bonds. The molecule has 1 N–H and O–H groups in total. The first kappa shape index (κ1) is 16.3. The molecule has 0 saturated carbocycles. The number of aliphatic carboxylic acids is 1. The van der Waals surface area contributed by atoms with Crippen molar-refractivity contribution in [1.29, 1.82) is 0 Å². The second-order valence-corrected chi connectivity index (χ2v) is 6.07. The number of carboxylic acids is 1. The maximum atomic E-state index is 12.4. The highest BCUT2D eigenvalue weighted by Gasteiger charge is 2.30.